The number of rotatable bonds is 6. The van der Waals surface area contributed by atoms with Crippen LogP contribution in [-0.2, 0) is 14.3 Å². The Kier molecular flexibility index (Phi) is 6.28. The zero-order valence-corrected chi connectivity index (χ0v) is 17.0. The first-order valence-corrected chi connectivity index (χ1v) is 9.31. The van der Waals surface area contributed by atoms with Crippen LogP contribution in [0, 0.1) is 11.3 Å². The number of carbonyl (C=O) groups is 1. The fourth-order valence-corrected chi connectivity index (χ4v) is 3.36. The summed E-state index contributed by atoms with van der Waals surface area (Å²) in [6, 6.07) is 16.3. The van der Waals surface area contributed by atoms with E-state index in [0.717, 1.165) is 0 Å². The van der Waals surface area contributed by atoms with Crippen molar-refractivity contribution < 1.29 is 23.7 Å². The first kappa shape index (κ1) is 20.8. The Morgan fingerprint density at radius 3 is 2.50 bits per heavy atom. The van der Waals surface area contributed by atoms with Crippen LogP contribution in [0.5, 0.6) is 11.5 Å². The van der Waals surface area contributed by atoms with Crippen LogP contribution in [0.2, 0.25) is 0 Å². The number of nitriles is 1. The van der Waals surface area contributed by atoms with Crippen molar-refractivity contribution in [2.75, 3.05) is 20.8 Å². The fraction of sp³-hybridized carbons (Fsp3) is 0.217. The van der Waals surface area contributed by atoms with Gasteiger partial charge in [0, 0.05) is 11.1 Å². The minimum atomic E-state index is -0.858. The lowest BCUT2D eigenvalue weighted by Crippen LogP contribution is -2.26. The second-order valence-corrected chi connectivity index (χ2v) is 6.36. The van der Waals surface area contributed by atoms with E-state index in [1.807, 2.05) is 18.2 Å². The predicted molar refractivity (Wildman–Crippen MR) is 110 cm³/mol. The van der Waals surface area contributed by atoms with Crippen LogP contribution in [0.4, 0.5) is 0 Å². The molecule has 7 nitrogen and oxygen atoms in total. The number of benzene rings is 2. The highest BCUT2D eigenvalue weighted by molar-refractivity contribution is 6.00. The molecule has 1 atom stereocenters. The van der Waals surface area contributed by atoms with Crippen LogP contribution in [0.25, 0.3) is 5.76 Å². The first-order chi connectivity index (χ1) is 14.5. The average molecular weight is 406 g/mol. The summed E-state index contributed by atoms with van der Waals surface area (Å²) >= 11 is 0. The molecule has 0 spiro atoms. The number of nitrogens with zero attached hydrogens (tertiary/aromatic N) is 1. The maximum atomic E-state index is 13.1. The Balaban J connectivity index is 2.35. The summed E-state index contributed by atoms with van der Waals surface area (Å²) in [7, 11) is 3.04. The Bertz CT molecular complexity index is 1050. The van der Waals surface area contributed by atoms with Crippen LogP contribution in [0.1, 0.15) is 24.0 Å². The molecule has 154 valence electrons. The van der Waals surface area contributed by atoms with Crippen molar-refractivity contribution in [2.24, 2.45) is 5.73 Å². The van der Waals surface area contributed by atoms with E-state index in [0.29, 0.717) is 22.6 Å². The topological polar surface area (TPSA) is 104 Å². The summed E-state index contributed by atoms with van der Waals surface area (Å²) in [5.74, 6) is -0.302. The molecule has 30 heavy (non-hydrogen) atoms. The van der Waals surface area contributed by atoms with Crippen LogP contribution < -0.4 is 15.2 Å². The molecule has 7 heteroatoms. The average Bonchev–Trinajstić information content (AvgIpc) is 2.78. The quantitative estimate of drug-likeness (QED) is 0.732. The highest BCUT2D eigenvalue weighted by atomic mass is 16.5. The molecule has 2 N–H and O–H groups in total. The molecule has 0 saturated heterocycles. The number of carbonyl (C=O) groups excluding carboxylic acids is 1. The molecule has 2 aromatic rings. The standard InChI is InChI=1S/C23H22N2O5/c1-4-29-23(26)20-19(16-12-15(27-2)10-11-18(16)28-3)17(13-24)22(25)30-21(20)14-8-6-5-7-9-14/h5-12,19H,4,25H2,1-3H3/t19-/m0/s1. The van der Waals surface area contributed by atoms with Gasteiger partial charge in [0.05, 0.1) is 32.3 Å². The normalized spacial score (nSPS) is 15.9. The van der Waals surface area contributed by atoms with Gasteiger partial charge in [-0.05, 0) is 25.1 Å². The highest BCUT2D eigenvalue weighted by Gasteiger charge is 2.39. The SMILES string of the molecule is CCOC(=O)C1=C(c2ccccc2)OC(N)=C(C#N)[C@@H]1c1cc(OC)ccc1OC. The second kappa shape index (κ2) is 9.05. The third-order valence-corrected chi connectivity index (χ3v) is 4.70. The van der Waals surface area contributed by atoms with Crippen molar-refractivity contribution in [3.63, 3.8) is 0 Å². The summed E-state index contributed by atoms with van der Waals surface area (Å²) in [6.45, 7) is 1.87. The molecular formula is C23H22N2O5. The maximum absolute atomic E-state index is 13.1. The number of esters is 1. The molecule has 1 heterocycles. The predicted octanol–water partition coefficient (Wildman–Crippen LogP) is 3.49. The number of nitrogens with two attached hydrogens (primary N) is 1. The van der Waals surface area contributed by atoms with Gasteiger partial charge in [-0.1, -0.05) is 30.3 Å². The smallest absolute Gasteiger partial charge is 0.338 e. The zero-order valence-electron chi connectivity index (χ0n) is 17.0. The third kappa shape index (κ3) is 3.80. The van der Waals surface area contributed by atoms with Gasteiger partial charge in [0.25, 0.3) is 0 Å². The monoisotopic (exact) mass is 406 g/mol. The minimum absolute atomic E-state index is 0.0840. The molecule has 2 aromatic carbocycles. The number of ether oxygens (including phenoxy) is 4. The lowest BCUT2D eigenvalue weighted by molar-refractivity contribution is -0.138. The second-order valence-electron chi connectivity index (χ2n) is 6.36. The van der Waals surface area contributed by atoms with Gasteiger partial charge >= 0.3 is 5.97 Å². The molecule has 1 aliphatic rings. The van der Waals surface area contributed by atoms with Crippen molar-refractivity contribution in [3.05, 3.63) is 76.7 Å². The van der Waals surface area contributed by atoms with Gasteiger partial charge in [0.2, 0.25) is 5.88 Å². The molecule has 3 rings (SSSR count). The van der Waals surface area contributed by atoms with Crippen LogP contribution in [0.15, 0.2) is 65.6 Å². The molecular weight excluding hydrogens is 384 g/mol. The van der Waals surface area contributed by atoms with E-state index in [2.05, 4.69) is 6.07 Å². The van der Waals surface area contributed by atoms with E-state index in [4.69, 9.17) is 24.7 Å². The van der Waals surface area contributed by atoms with E-state index in [-0.39, 0.29) is 29.4 Å². The molecule has 0 bridgehead atoms. The summed E-state index contributed by atoms with van der Waals surface area (Å²) < 4.78 is 22.0. The van der Waals surface area contributed by atoms with Gasteiger partial charge in [-0.2, -0.15) is 5.26 Å². The van der Waals surface area contributed by atoms with Crippen molar-refractivity contribution in [3.8, 4) is 17.6 Å². The maximum Gasteiger partial charge on any atom is 0.338 e. The fourth-order valence-electron chi connectivity index (χ4n) is 3.36. The molecule has 0 radical (unpaired) electrons. The Labute approximate surface area is 174 Å². The molecule has 0 saturated carbocycles. The summed E-state index contributed by atoms with van der Waals surface area (Å²) in [6.07, 6.45) is 0. The van der Waals surface area contributed by atoms with E-state index in [9.17, 15) is 10.1 Å². The van der Waals surface area contributed by atoms with E-state index >= 15 is 0 Å². The summed E-state index contributed by atoms with van der Waals surface area (Å²) in [4.78, 5) is 13.1. The van der Waals surface area contributed by atoms with Gasteiger partial charge in [0.1, 0.15) is 28.9 Å². The number of methoxy groups -OCH3 is 2. The van der Waals surface area contributed by atoms with Gasteiger partial charge in [-0.15, -0.1) is 0 Å². The molecule has 0 aromatic heterocycles. The van der Waals surface area contributed by atoms with Crippen molar-refractivity contribution in [1.82, 2.24) is 0 Å². The number of hydrogen-bond donors (Lipinski definition) is 1. The first-order valence-electron chi connectivity index (χ1n) is 9.31. The molecule has 1 aliphatic heterocycles. The largest absolute Gasteiger partial charge is 0.497 e. The molecule has 0 aliphatic carbocycles. The number of hydrogen-bond acceptors (Lipinski definition) is 7. The van der Waals surface area contributed by atoms with Crippen molar-refractivity contribution >= 4 is 11.7 Å². The Morgan fingerprint density at radius 1 is 1.17 bits per heavy atom. The minimum Gasteiger partial charge on any atom is -0.497 e. The van der Waals surface area contributed by atoms with E-state index in [1.54, 1.807) is 37.3 Å². The van der Waals surface area contributed by atoms with Crippen molar-refractivity contribution in [2.45, 2.75) is 12.8 Å². The van der Waals surface area contributed by atoms with Gasteiger partial charge < -0.3 is 24.7 Å². The number of allylic oxidation sites excluding steroid dienone is 1. The summed E-state index contributed by atoms with van der Waals surface area (Å²) in [5, 5.41) is 9.85. The van der Waals surface area contributed by atoms with Gasteiger partial charge in [0.15, 0.2) is 0 Å². The molecule has 0 fully saturated rings. The van der Waals surface area contributed by atoms with Crippen LogP contribution >= 0.6 is 0 Å². The van der Waals surface area contributed by atoms with Gasteiger partial charge in [-0.3, -0.25) is 0 Å². The Morgan fingerprint density at radius 2 is 1.90 bits per heavy atom. The zero-order chi connectivity index (χ0) is 21.7. The molecule has 0 amide bonds. The third-order valence-electron chi connectivity index (χ3n) is 4.70. The van der Waals surface area contributed by atoms with Crippen molar-refractivity contribution in [1.29, 1.82) is 5.26 Å². The highest BCUT2D eigenvalue weighted by Crippen LogP contribution is 2.46. The molecule has 0 unspecified atom stereocenters. The lowest BCUT2D eigenvalue weighted by Gasteiger charge is -2.29. The summed E-state index contributed by atoms with van der Waals surface area (Å²) in [5.41, 5.74) is 7.54. The van der Waals surface area contributed by atoms with E-state index < -0.39 is 11.9 Å². The Hall–Kier alpha value is -3.92. The van der Waals surface area contributed by atoms with Crippen LogP contribution in [-0.4, -0.2) is 26.8 Å². The van der Waals surface area contributed by atoms with Gasteiger partial charge in [-0.25, -0.2) is 4.79 Å². The van der Waals surface area contributed by atoms with Crippen LogP contribution in [0.3, 0.4) is 0 Å². The lowest BCUT2D eigenvalue weighted by atomic mass is 9.81. The van der Waals surface area contributed by atoms with E-state index in [1.165, 1.54) is 14.2 Å².